The molecule has 1 aromatic carbocycles. The Hall–Kier alpha value is -1.36. The number of amides is 1. The highest BCUT2D eigenvalue weighted by molar-refractivity contribution is 7.91. The van der Waals surface area contributed by atoms with Crippen LogP contribution < -0.4 is 5.32 Å². The molecule has 0 radical (unpaired) electrons. The second kappa shape index (κ2) is 4.49. The highest BCUT2D eigenvalue weighted by Gasteiger charge is 2.29. The number of carbonyl (C=O) groups excluding carboxylic acids is 1. The van der Waals surface area contributed by atoms with Crippen molar-refractivity contribution in [3.05, 3.63) is 35.4 Å². The summed E-state index contributed by atoms with van der Waals surface area (Å²) < 4.78 is 22.5. The second-order valence-corrected chi connectivity index (χ2v) is 6.62. The van der Waals surface area contributed by atoms with Gasteiger partial charge in [-0.3, -0.25) is 4.79 Å². The molecule has 0 spiro atoms. The lowest BCUT2D eigenvalue weighted by atomic mass is 10.1. The molecule has 1 aliphatic rings. The minimum absolute atomic E-state index is 0.0601. The van der Waals surface area contributed by atoms with Gasteiger partial charge in [0.2, 0.25) is 0 Å². The van der Waals surface area contributed by atoms with Crippen LogP contribution in [-0.4, -0.2) is 31.9 Å². The monoisotopic (exact) mass is 253 g/mol. The van der Waals surface area contributed by atoms with E-state index in [1.165, 1.54) is 0 Å². The van der Waals surface area contributed by atoms with Crippen molar-refractivity contribution in [2.75, 3.05) is 11.5 Å². The summed E-state index contributed by atoms with van der Waals surface area (Å²) >= 11 is 0. The molecule has 1 amide bonds. The molecule has 0 bridgehead atoms. The number of hydrogen-bond acceptors (Lipinski definition) is 3. The lowest BCUT2D eigenvalue weighted by Crippen LogP contribution is -2.35. The summed E-state index contributed by atoms with van der Waals surface area (Å²) in [6.45, 7) is 1.86. The van der Waals surface area contributed by atoms with Gasteiger partial charge >= 0.3 is 0 Å². The van der Waals surface area contributed by atoms with Gasteiger partial charge in [-0.1, -0.05) is 18.2 Å². The molecule has 1 fully saturated rings. The number of nitrogens with one attached hydrogen (secondary N) is 1. The van der Waals surface area contributed by atoms with Crippen molar-refractivity contribution in [3.8, 4) is 0 Å². The van der Waals surface area contributed by atoms with Crippen LogP contribution >= 0.6 is 0 Å². The van der Waals surface area contributed by atoms with E-state index in [1.807, 2.05) is 19.1 Å². The smallest absolute Gasteiger partial charge is 0.251 e. The molecular formula is C12H15NO3S. The molecule has 5 heteroatoms. The highest BCUT2D eigenvalue weighted by Crippen LogP contribution is 2.13. The molecule has 0 aromatic heterocycles. The number of carbonyl (C=O) groups is 1. The number of hydrogen-bond donors (Lipinski definition) is 1. The Labute approximate surface area is 101 Å². The molecular weight excluding hydrogens is 238 g/mol. The van der Waals surface area contributed by atoms with Gasteiger partial charge in [-0.15, -0.1) is 0 Å². The highest BCUT2D eigenvalue weighted by atomic mass is 32.2. The first-order valence-electron chi connectivity index (χ1n) is 5.55. The van der Waals surface area contributed by atoms with Crippen LogP contribution in [0.4, 0.5) is 0 Å². The van der Waals surface area contributed by atoms with Gasteiger partial charge in [-0.2, -0.15) is 0 Å². The van der Waals surface area contributed by atoms with Gasteiger partial charge < -0.3 is 5.32 Å². The predicted molar refractivity (Wildman–Crippen MR) is 65.7 cm³/mol. The van der Waals surface area contributed by atoms with E-state index in [4.69, 9.17) is 0 Å². The van der Waals surface area contributed by atoms with Crippen LogP contribution in [0.1, 0.15) is 22.3 Å². The van der Waals surface area contributed by atoms with Crippen LogP contribution in [-0.2, 0) is 9.84 Å². The Morgan fingerprint density at radius 1 is 1.35 bits per heavy atom. The molecule has 1 N–H and O–H groups in total. The normalized spacial score (nSPS) is 22.3. The first-order valence-corrected chi connectivity index (χ1v) is 7.37. The Morgan fingerprint density at radius 2 is 2.06 bits per heavy atom. The Kier molecular flexibility index (Phi) is 3.19. The van der Waals surface area contributed by atoms with E-state index in [1.54, 1.807) is 12.1 Å². The number of rotatable bonds is 2. The Morgan fingerprint density at radius 3 is 2.65 bits per heavy atom. The van der Waals surface area contributed by atoms with Crippen LogP contribution in [0, 0.1) is 6.92 Å². The number of benzene rings is 1. The zero-order valence-electron chi connectivity index (χ0n) is 9.64. The summed E-state index contributed by atoms with van der Waals surface area (Å²) in [5, 5.41) is 2.77. The van der Waals surface area contributed by atoms with Crippen molar-refractivity contribution < 1.29 is 13.2 Å². The van der Waals surface area contributed by atoms with Crippen molar-refractivity contribution in [3.63, 3.8) is 0 Å². The summed E-state index contributed by atoms with van der Waals surface area (Å²) in [6, 6.07) is 7.03. The average Bonchev–Trinajstić information content (AvgIpc) is 2.58. The van der Waals surface area contributed by atoms with Crippen LogP contribution in [0.5, 0.6) is 0 Å². The van der Waals surface area contributed by atoms with Crippen LogP contribution in [0.25, 0.3) is 0 Å². The number of sulfone groups is 1. The summed E-state index contributed by atoms with van der Waals surface area (Å²) in [6.07, 6.45) is 0.514. The van der Waals surface area contributed by atoms with Crippen molar-refractivity contribution in [2.45, 2.75) is 19.4 Å². The van der Waals surface area contributed by atoms with E-state index in [0.717, 1.165) is 5.56 Å². The lowest BCUT2D eigenvalue weighted by Gasteiger charge is -2.12. The largest absolute Gasteiger partial charge is 0.348 e. The summed E-state index contributed by atoms with van der Waals surface area (Å²) in [5.41, 5.74) is 1.50. The van der Waals surface area contributed by atoms with E-state index < -0.39 is 9.84 Å². The molecule has 17 heavy (non-hydrogen) atoms. The Bertz CT molecular complexity index is 536. The van der Waals surface area contributed by atoms with Gasteiger partial charge in [0.15, 0.2) is 9.84 Å². The van der Waals surface area contributed by atoms with E-state index in [-0.39, 0.29) is 23.5 Å². The van der Waals surface area contributed by atoms with Gasteiger partial charge in [-0.25, -0.2) is 8.42 Å². The van der Waals surface area contributed by atoms with Crippen LogP contribution in [0.3, 0.4) is 0 Å². The lowest BCUT2D eigenvalue weighted by molar-refractivity contribution is 0.0940. The zero-order chi connectivity index (χ0) is 12.5. The Balaban J connectivity index is 2.06. The van der Waals surface area contributed by atoms with Gasteiger partial charge in [0, 0.05) is 11.6 Å². The quantitative estimate of drug-likeness (QED) is 0.852. The third kappa shape index (κ3) is 2.85. The topological polar surface area (TPSA) is 63.2 Å². The standard InChI is InChI=1S/C12H15NO3S/c1-9-4-2-3-5-11(9)12(14)13-10-6-7-17(15,16)8-10/h2-5,10H,6-8H2,1H3,(H,13,14)/t10-/m0/s1. The minimum atomic E-state index is -2.95. The molecule has 2 rings (SSSR count). The van der Waals surface area contributed by atoms with E-state index >= 15 is 0 Å². The predicted octanol–water partition coefficient (Wildman–Crippen LogP) is 0.912. The SMILES string of the molecule is Cc1ccccc1C(=O)N[C@H]1CCS(=O)(=O)C1. The average molecular weight is 253 g/mol. The molecule has 1 aliphatic heterocycles. The summed E-state index contributed by atoms with van der Waals surface area (Å²) in [5.74, 6) is 0.0429. The fourth-order valence-electron chi connectivity index (χ4n) is 2.00. The van der Waals surface area contributed by atoms with E-state index in [2.05, 4.69) is 5.32 Å². The van der Waals surface area contributed by atoms with Crippen molar-refractivity contribution in [2.24, 2.45) is 0 Å². The van der Waals surface area contributed by atoms with Crippen molar-refractivity contribution >= 4 is 15.7 Å². The number of aryl methyl sites for hydroxylation is 1. The fourth-order valence-corrected chi connectivity index (χ4v) is 3.67. The molecule has 0 unspecified atom stereocenters. The molecule has 1 saturated heterocycles. The minimum Gasteiger partial charge on any atom is -0.348 e. The molecule has 0 aliphatic carbocycles. The molecule has 1 heterocycles. The van der Waals surface area contributed by atoms with Gasteiger partial charge in [0.25, 0.3) is 5.91 Å². The second-order valence-electron chi connectivity index (χ2n) is 4.39. The molecule has 1 atom stereocenters. The third-order valence-corrected chi connectivity index (χ3v) is 4.73. The van der Waals surface area contributed by atoms with Gasteiger partial charge in [0.05, 0.1) is 11.5 Å². The van der Waals surface area contributed by atoms with Crippen LogP contribution in [0.2, 0.25) is 0 Å². The fraction of sp³-hybridized carbons (Fsp3) is 0.417. The molecule has 4 nitrogen and oxygen atoms in total. The van der Waals surface area contributed by atoms with E-state index in [0.29, 0.717) is 12.0 Å². The molecule has 1 aromatic rings. The van der Waals surface area contributed by atoms with Gasteiger partial charge in [-0.05, 0) is 25.0 Å². The van der Waals surface area contributed by atoms with Crippen molar-refractivity contribution in [1.82, 2.24) is 5.32 Å². The maximum Gasteiger partial charge on any atom is 0.251 e. The first kappa shape index (κ1) is 12.1. The molecule has 0 saturated carbocycles. The molecule has 92 valence electrons. The van der Waals surface area contributed by atoms with Crippen LogP contribution in [0.15, 0.2) is 24.3 Å². The maximum absolute atomic E-state index is 11.9. The van der Waals surface area contributed by atoms with E-state index in [9.17, 15) is 13.2 Å². The van der Waals surface area contributed by atoms with Crippen molar-refractivity contribution in [1.29, 1.82) is 0 Å². The summed E-state index contributed by atoms with van der Waals surface area (Å²) in [4.78, 5) is 11.9. The maximum atomic E-state index is 11.9. The first-order chi connectivity index (χ1) is 7.98. The third-order valence-electron chi connectivity index (χ3n) is 2.96. The summed E-state index contributed by atoms with van der Waals surface area (Å²) in [7, 11) is -2.95. The van der Waals surface area contributed by atoms with Gasteiger partial charge in [0.1, 0.15) is 0 Å². The zero-order valence-corrected chi connectivity index (χ0v) is 10.5.